The first-order valence-electron chi connectivity index (χ1n) is 9.58. The van der Waals surface area contributed by atoms with Crippen molar-refractivity contribution in [3.8, 4) is 0 Å². The van der Waals surface area contributed by atoms with Crippen LogP contribution in [0.4, 0.5) is 10.1 Å². The number of hydrogen-bond donors (Lipinski definition) is 2. The molecule has 3 aromatic carbocycles. The van der Waals surface area contributed by atoms with E-state index in [0.717, 1.165) is 11.6 Å². The van der Waals surface area contributed by atoms with Gasteiger partial charge in [0.25, 0.3) is 11.8 Å². The zero-order valence-corrected chi connectivity index (χ0v) is 16.9. The zero-order chi connectivity index (χ0) is 22.2. The number of halogens is 1. The predicted molar refractivity (Wildman–Crippen MR) is 114 cm³/mol. The van der Waals surface area contributed by atoms with Crippen LogP contribution < -0.4 is 10.6 Å². The Balaban J connectivity index is 1.58. The van der Waals surface area contributed by atoms with Crippen LogP contribution in [0, 0.1) is 12.7 Å². The summed E-state index contributed by atoms with van der Waals surface area (Å²) in [5, 5.41) is 5.37. The van der Waals surface area contributed by atoms with Gasteiger partial charge in [0.05, 0.1) is 16.8 Å². The summed E-state index contributed by atoms with van der Waals surface area (Å²) in [6.07, 6.45) is 0. The summed E-state index contributed by atoms with van der Waals surface area (Å²) in [5.74, 6) is -2.33. The molecule has 0 aliphatic carbocycles. The van der Waals surface area contributed by atoms with Crippen LogP contribution in [0.5, 0.6) is 0 Å². The van der Waals surface area contributed by atoms with E-state index in [0.29, 0.717) is 12.1 Å². The molecule has 3 rings (SSSR count). The van der Waals surface area contributed by atoms with Crippen molar-refractivity contribution < 1.29 is 23.5 Å². The minimum atomic E-state index is -0.817. The predicted octanol–water partition coefficient (Wildman–Crippen LogP) is 3.86. The number of benzene rings is 3. The first kappa shape index (κ1) is 21.7. The Morgan fingerprint density at radius 2 is 1.65 bits per heavy atom. The molecule has 0 atom stereocenters. The third kappa shape index (κ3) is 5.99. The van der Waals surface area contributed by atoms with Gasteiger partial charge in [-0.05, 0) is 42.3 Å². The molecular weight excluding hydrogens is 399 g/mol. The fourth-order valence-electron chi connectivity index (χ4n) is 2.78. The number of anilines is 1. The number of carbonyl (C=O) groups excluding carboxylic acids is 3. The summed E-state index contributed by atoms with van der Waals surface area (Å²) in [5.41, 5.74) is 1.92. The van der Waals surface area contributed by atoms with Crippen LogP contribution in [0.2, 0.25) is 0 Å². The molecule has 2 N–H and O–H groups in total. The van der Waals surface area contributed by atoms with Crippen LogP contribution in [0.3, 0.4) is 0 Å². The van der Waals surface area contributed by atoms with E-state index in [1.54, 1.807) is 31.2 Å². The molecule has 0 fully saturated rings. The standard InChI is InChI=1S/C24H21FN2O4/c1-16-11-12-18(13-20(16)25)24(30)31-15-22(28)27-21-10-6-5-9-19(21)23(29)26-14-17-7-3-2-4-8-17/h2-13H,14-15H2,1H3,(H,26,29)(H,27,28). The van der Waals surface area contributed by atoms with Crippen LogP contribution >= 0.6 is 0 Å². The van der Waals surface area contributed by atoms with Gasteiger partial charge in [0, 0.05) is 6.54 Å². The van der Waals surface area contributed by atoms with Gasteiger partial charge in [-0.25, -0.2) is 9.18 Å². The van der Waals surface area contributed by atoms with Gasteiger partial charge >= 0.3 is 5.97 Å². The Bertz CT molecular complexity index is 1100. The molecule has 0 aliphatic rings. The molecule has 2 amide bonds. The molecule has 0 unspecified atom stereocenters. The van der Waals surface area contributed by atoms with E-state index in [1.807, 2.05) is 30.3 Å². The van der Waals surface area contributed by atoms with E-state index >= 15 is 0 Å². The maximum Gasteiger partial charge on any atom is 0.338 e. The molecule has 0 aliphatic heterocycles. The molecule has 0 aromatic heterocycles. The highest BCUT2D eigenvalue weighted by Gasteiger charge is 2.15. The highest BCUT2D eigenvalue weighted by atomic mass is 19.1. The van der Waals surface area contributed by atoms with Gasteiger partial charge in [-0.1, -0.05) is 48.5 Å². The lowest BCUT2D eigenvalue weighted by Gasteiger charge is -2.12. The number of nitrogens with one attached hydrogen (secondary N) is 2. The first-order valence-corrected chi connectivity index (χ1v) is 9.58. The molecule has 0 heterocycles. The van der Waals surface area contributed by atoms with Crippen molar-refractivity contribution in [3.63, 3.8) is 0 Å². The summed E-state index contributed by atoms with van der Waals surface area (Å²) < 4.78 is 18.5. The topological polar surface area (TPSA) is 84.5 Å². The average molecular weight is 420 g/mol. The van der Waals surface area contributed by atoms with Crippen molar-refractivity contribution in [1.29, 1.82) is 0 Å². The number of hydrogen-bond acceptors (Lipinski definition) is 4. The monoisotopic (exact) mass is 420 g/mol. The van der Waals surface area contributed by atoms with E-state index < -0.39 is 24.3 Å². The normalized spacial score (nSPS) is 10.3. The lowest BCUT2D eigenvalue weighted by Crippen LogP contribution is -2.26. The molecule has 31 heavy (non-hydrogen) atoms. The van der Waals surface area contributed by atoms with Crippen LogP contribution in [0.1, 0.15) is 31.8 Å². The summed E-state index contributed by atoms with van der Waals surface area (Å²) >= 11 is 0. The number of amides is 2. The largest absolute Gasteiger partial charge is 0.452 e. The van der Waals surface area contributed by atoms with Crippen molar-refractivity contribution in [1.82, 2.24) is 5.32 Å². The van der Waals surface area contributed by atoms with Crippen molar-refractivity contribution >= 4 is 23.5 Å². The van der Waals surface area contributed by atoms with Gasteiger partial charge in [0.1, 0.15) is 5.82 Å². The van der Waals surface area contributed by atoms with Gasteiger partial charge in [-0.3, -0.25) is 9.59 Å². The SMILES string of the molecule is Cc1ccc(C(=O)OCC(=O)Nc2ccccc2C(=O)NCc2ccccc2)cc1F. The van der Waals surface area contributed by atoms with Gasteiger partial charge in [-0.15, -0.1) is 0 Å². The number of para-hydroxylation sites is 1. The molecule has 7 heteroatoms. The van der Waals surface area contributed by atoms with E-state index in [9.17, 15) is 18.8 Å². The maximum absolute atomic E-state index is 13.6. The minimum absolute atomic E-state index is 0.0107. The van der Waals surface area contributed by atoms with Crippen molar-refractivity contribution in [2.45, 2.75) is 13.5 Å². The van der Waals surface area contributed by atoms with Crippen LogP contribution in [0.25, 0.3) is 0 Å². The second-order valence-electron chi connectivity index (χ2n) is 6.80. The van der Waals surface area contributed by atoms with Gasteiger partial charge in [-0.2, -0.15) is 0 Å². The molecule has 0 saturated carbocycles. The first-order chi connectivity index (χ1) is 14.9. The van der Waals surface area contributed by atoms with Crippen molar-refractivity contribution in [3.05, 3.63) is 101 Å². The zero-order valence-electron chi connectivity index (χ0n) is 16.9. The quantitative estimate of drug-likeness (QED) is 0.569. The fourth-order valence-corrected chi connectivity index (χ4v) is 2.78. The lowest BCUT2D eigenvalue weighted by molar-refractivity contribution is -0.119. The Hall–Kier alpha value is -4.00. The number of aryl methyl sites for hydroxylation is 1. The molecule has 0 spiro atoms. The Morgan fingerprint density at radius 1 is 0.935 bits per heavy atom. The highest BCUT2D eigenvalue weighted by molar-refractivity contribution is 6.04. The number of ether oxygens (including phenoxy) is 1. The summed E-state index contributed by atoms with van der Waals surface area (Å²) in [7, 11) is 0. The molecular formula is C24H21FN2O4. The summed E-state index contributed by atoms with van der Waals surface area (Å²) in [4.78, 5) is 36.8. The number of rotatable bonds is 7. The second kappa shape index (κ2) is 10.2. The third-order valence-electron chi connectivity index (χ3n) is 4.48. The van der Waals surface area contributed by atoms with E-state index in [1.165, 1.54) is 12.1 Å². The van der Waals surface area contributed by atoms with Gasteiger partial charge < -0.3 is 15.4 Å². The van der Waals surface area contributed by atoms with Crippen LogP contribution in [-0.4, -0.2) is 24.4 Å². The molecule has 0 bridgehead atoms. The van der Waals surface area contributed by atoms with Gasteiger partial charge in [0.2, 0.25) is 0 Å². The second-order valence-corrected chi connectivity index (χ2v) is 6.80. The Kier molecular flexibility index (Phi) is 7.11. The molecule has 3 aromatic rings. The lowest BCUT2D eigenvalue weighted by atomic mass is 10.1. The minimum Gasteiger partial charge on any atom is -0.452 e. The molecule has 0 radical (unpaired) electrons. The molecule has 6 nitrogen and oxygen atoms in total. The summed E-state index contributed by atoms with van der Waals surface area (Å²) in [6.45, 7) is 1.34. The van der Waals surface area contributed by atoms with Crippen LogP contribution in [-0.2, 0) is 16.1 Å². The highest BCUT2D eigenvalue weighted by Crippen LogP contribution is 2.16. The van der Waals surface area contributed by atoms with E-state index in [4.69, 9.17) is 4.74 Å². The molecule has 158 valence electrons. The van der Waals surface area contributed by atoms with E-state index in [2.05, 4.69) is 10.6 Å². The van der Waals surface area contributed by atoms with Gasteiger partial charge in [0.15, 0.2) is 6.61 Å². The average Bonchev–Trinajstić information content (AvgIpc) is 2.78. The number of carbonyl (C=O) groups is 3. The molecule has 0 saturated heterocycles. The third-order valence-corrected chi connectivity index (χ3v) is 4.48. The van der Waals surface area contributed by atoms with Crippen LogP contribution in [0.15, 0.2) is 72.8 Å². The van der Waals surface area contributed by atoms with Crippen molar-refractivity contribution in [2.75, 3.05) is 11.9 Å². The maximum atomic E-state index is 13.6. The Morgan fingerprint density at radius 3 is 2.39 bits per heavy atom. The smallest absolute Gasteiger partial charge is 0.338 e. The van der Waals surface area contributed by atoms with E-state index in [-0.39, 0.29) is 22.7 Å². The Labute approximate surface area is 179 Å². The van der Waals surface area contributed by atoms with Crippen molar-refractivity contribution in [2.24, 2.45) is 0 Å². The number of esters is 1. The fraction of sp³-hybridized carbons (Fsp3) is 0.125. The summed E-state index contributed by atoms with van der Waals surface area (Å²) in [6, 6.07) is 19.9.